The van der Waals surface area contributed by atoms with Crippen molar-refractivity contribution in [1.29, 1.82) is 0 Å². The van der Waals surface area contributed by atoms with Gasteiger partial charge in [0.2, 0.25) is 0 Å². The average Bonchev–Trinajstić information content (AvgIpc) is 3.02. The molecule has 0 heterocycles. The number of carbonyl (C=O) groups excluding carboxylic acids is 4. The maximum absolute atomic E-state index is 12.3. The molecule has 0 atom stereocenters. The first-order chi connectivity index (χ1) is 22.8. The van der Waals surface area contributed by atoms with Crippen molar-refractivity contribution in [2.24, 2.45) is 5.73 Å². The van der Waals surface area contributed by atoms with Crippen molar-refractivity contribution in [2.45, 2.75) is 53.3 Å². The van der Waals surface area contributed by atoms with Gasteiger partial charge in [-0.1, -0.05) is 83.3 Å². The van der Waals surface area contributed by atoms with E-state index < -0.39 is 29.9 Å². The first kappa shape index (κ1) is 38.2. The summed E-state index contributed by atoms with van der Waals surface area (Å²) < 4.78 is 19.6. The molecule has 3 aromatic rings. The van der Waals surface area contributed by atoms with Crippen LogP contribution in [0.1, 0.15) is 64.5 Å². The number of benzene rings is 3. The number of aryl methyl sites for hydroxylation is 2. The zero-order valence-corrected chi connectivity index (χ0v) is 28.0. The fraction of sp³-hybridized carbons (Fsp3) is 0.297. The van der Waals surface area contributed by atoms with Crippen LogP contribution in [0, 0.1) is 37.5 Å². The molecule has 0 fully saturated rings. The van der Waals surface area contributed by atoms with Crippen molar-refractivity contribution in [1.82, 2.24) is 10.6 Å². The van der Waals surface area contributed by atoms with Gasteiger partial charge >= 0.3 is 24.2 Å². The number of carbonyl (C=O) groups is 4. The summed E-state index contributed by atoms with van der Waals surface area (Å²) in [5.41, 5.74) is 9.52. The summed E-state index contributed by atoms with van der Waals surface area (Å²) in [6.45, 7) is 9.64. The van der Waals surface area contributed by atoms with Gasteiger partial charge in [-0.25, -0.2) is 19.2 Å². The maximum atomic E-state index is 12.3. The molecule has 0 radical (unpaired) electrons. The lowest BCUT2D eigenvalue weighted by Gasteiger charge is -2.16. The highest BCUT2D eigenvalue weighted by Crippen LogP contribution is 2.12. The Balaban J connectivity index is 0.000000886. The highest BCUT2D eigenvalue weighted by atomic mass is 16.6. The number of nitrogens with one attached hydrogen (secondary N) is 2. The standard InChI is InChI=1S/C32H30N2O6.C5H11NO2/c1-23-8-4-10-26(18-23)21-33-31(36)39-16-6-12-25-14-15-28(29(20-25)30(35)38-3)13-7-17-40-32(37)34-22-27-11-5-9-24(2)19-27;1-5(2,3)8-4(6)7/h4-5,8-11,14-15,18-20H,16-17,21-22H2,1-3H3,(H,33,36)(H,34,37);1-3H3,(H2,6,7). The molecule has 11 heteroatoms. The zero-order valence-electron chi connectivity index (χ0n) is 28.0. The Labute approximate surface area is 281 Å². The van der Waals surface area contributed by atoms with Crippen LogP contribution < -0.4 is 16.4 Å². The molecule has 0 aliphatic heterocycles. The number of esters is 1. The third-order valence-corrected chi connectivity index (χ3v) is 5.88. The fourth-order valence-corrected chi connectivity index (χ4v) is 3.88. The molecule has 0 aliphatic rings. The number of primary amides is 1. The molecule has 3 rings (SSSR count). The van der Waals surface area contributed by atoms with Crippen LogP contribution in [0.5, 0.6) is 0 Å². The van der Waals surface area contributed by atoms with E-state index in [9.17, 15) is 19.2 Å². The minimum absolute atomic E-state index is 0.127. The van der Waals surface area contributed by atoms with E-state index in [4.69, 9.17) is 19.9 Å². The molecule has 0 aromatic heterocycles. The molecule has 0 saturated heterocycles. The van der Waals surface area contributed by atoms with Gasteiger partial charge in [0.1, 0.15) is 5.60 Å². The van der Waals surface area contributed by atoms with E-state index in [-0.39, 0.29) is 18.8 Å². The van der Waals surface area contributed by atoms with Crippen molar-refractivity contribution in [3.63, 3.8) is 0 Å². The average molecular weight is 656 g/mol. The monoisotopic (exact) mass is 655 g/mol. The lowest BCUT2D eigenvalue weighted by molar-refractivity contribution is 0.0590. The number of methoxy groups -OCH3 is 1. The second-order valence-corrected chi connectivity index (χ2v) is 11.2. The topological polar surface area (TPSA) is 155 Å². The van der Waals surface area contributed by atoms with Crippen LogP contribution in [0.4, 0.5) is 14.4 Å². The lowest BCUT2D eigenvalue weighted by Crippen LogP contribution is -2.27. The third kappa shape index (κ3) is 15.9. The number of hydrogen-bond acceptors (Lipinski definition) is 8. The molecule has 11 nitrogen and oxygen atoms in total. The third-order valence-electron chi connectivity index (χ3n) is 5.88. The number of alkyl carbamates (subject to hydrolysis) is 2. The van der Waals surface area contributed by atoms with Crippen LogP contribution in [0.15, 0.2) is 66.7 Å². The van der Waals surface area contributed by atoms with E-state index in [1.54, 1.807) is 32.9 Å². The predicted molar refractivity (Wildman–Crippen MR) is 181 cm³/mol. The van der Waals surface area contributed by atoms with E-state index in [1.807, 2.05) is 62.4 Å². The molecule has 252 valence electrons. The molecule has 0 saturated carbocycles. The van der Waals surface area contributed by atoms with Crippen molar-refractivity contribution < 1.29 is 38.1 Å². The van der Waals surface area contributed by atoms with Crippen LogP contribution in [-0.4, -0.2) is 50.2 Å². The quantitative estimate of drug-likeness (QED) is 0.171. The number of amides is 3. The summed E-state index contributed by atoms with van der Waals surface area (Å²) in [6.07, 6.45) is -1.90. The van der Waals surface area contributed by atoms with Gasteiger partial charge in [-0.15, -0.1) is 0 Å². The van der Waals surface area contributed by atoms with Gasteiger partial charge in [-0.2, -0.15) is 0 Å². The van der Waals surface area contributed by atoms with E-state index >= 15 is 0 Å². The van der Waals surface area contributed by atoms with Crippen LogP contribution in [0.2, 0.25) is 0 Å². The number of hydrogen-bond donors (Lipinski definition) is 3. The largest absolute Gasteiger partial charge is 0.465 e. The normalized spacial score (nSPS) is 9.88. The van der Waals surface area contributed by atoms with Crippen LogP contribution in [-0.2, 0) is 32.0 Å². The van der Waals surface area contributed by atoms with Gasteiger partial charge in [-0.05, 0) is 63.9 Å². The molecular weight excluding hydrogens is 614 g/mol. The Morgan fingerprint density at radius 2 is 1.27 bits per heavy atom. The number of ether oxygens (including phenoxy) is 4. The van der Waals surface area contributed by atoms with Crippen molar-refractivity contribution in [2.75, 3.05) is 20.3 Å². The van der Waals surface area contributed by atoms with E-state index in [1.165, 1.54) is 13.2 Å². The van der Waals surface area contributed by atoms with Crippen molar-refractivity contribution in [3.05, 3.63) is 106 Å². The van der Waals surface area contributed by atoms with Gasteiger partial charge in [0.15, 0.2) is 13.2 Å². The maximum Gasteiger partial charge on any atom is 0.408 e. The van der Waals surface area contributed by atoms with Crippen LogP contribution in [0.25, 0.3) is 0 Å². The van der Waals surface area contributed by atoms with Crippen molar-refractivity contribution in [3.8, 4) is 23.7 Å². The molecular formula is C37H41N3O8. The lowest BCUT2D eigenvalue weighted by atomic mass is 10.0. The van der Waals surface area contributed by atoms with Crippen LogP contribution in [0.3, 0.4) is 0 Å². The fourth-order valence-electron chi connectivity index (χ4n) is 3.88. The zero-order chi connectivity index (χ0) is 35.5. The second-order valence-electron chi connectivity index (χ2n) is 11.2. The molecule has 4 N–H and O–H groups in total. The minimum atomic E-state index is -0.725. The molecule has 48 heavy (non-hydrogen) atoms. The first-order valence-electron chi connectivity index (χ1n) is 14.9. The minimum Gasteiger partial charge on any atom is -0.465 e. The van der Waals surface area contributed by atoms with Gasteiger partial charge in [0, 0.05) is 24.2 Å². The molecule has 3 aromatic carbocycles. The summed E-state index contributed by atoms with van der Waals surface area (Å²) in [6, 6.07) is 20.4. The summed E-state index contributed by atoms with van der Waals surface area (Å²) in [5, 5.41) is 5.34. The summed E-state index contributed by atoms with van der Waals surface area (Å²) in [5.74, 6) is 10.6. The molecule has 0 unspecified atom stereocenters. The number of rotatable bonds is 7. The molecule has 0 bridgehead atoms. The van der Waals surface area contributed by atoms with E-state index in [0.29, 0.717) is 24.2 Å². The van der Waals surface area contributed by atoms with Gasteiger partial charge in [0.25, 0.3) is 0 Å². The second kappa shape index (κ2) is 19.5. The summed E-state index contributed by atoms with van der Waals surface area (Å²) in [7, 11) is 1.27. The Hall–Kier alpha value is -5.94. The Bertz CT molecular complexity index is 1700. The number of nitrogens with two attached hydrogens (primary N) is 1. The molecule has 0 spiro atoms. The smallest absolute Gasteiger partial charge is 0.408 e. The Morgan fingerprint density at radius 1 is 0.750 bits per heavy atom. The van der Waals surface area contributed by atoms with Gasteiger partial charge in [-0.3, -0.25) is 0 Å². The first-order valence-corrected chi connectivity index (χ1v) is 14.9. The molecule has 0 aliphatic carbocycles. The van der Waals surface area contributed by atoms with Gasteiger partial charge in [0.05, 0.1) is 12.7 Å². The Morgan fingerprint density at radius 3 is 1.71 bits per heavy atom. The highest BCUT2D eigenvalue weighted by Gasteiger charge is 2.13. The predicted octanol–water partition coefficient (Wildman–Crippen LogP) is 5.53. The highest BCUT2D eigenvalue weighted by molar-refractivity contribution is 5.92. The van der Waals surface area contributed by atoms with Crippen molar-refractivity contribution >= 4 is 24.2 Å². The van der Waals surface area contributed by atoms with Gasteiger partial charge < -0.3 is 35.3 Å². The Kier molecular flexibility index (Phi) is 15.6. The SMILES string of the molecule is CC(C)(C)OC(N)=O.COC(=O)c1cc(C#CCOC(=O)NCc2cccc(C)c2)ccc1C#CCOC(=O)NCc1cccc(C)c1. The van der Waals surface area contributed by atoms with E-state index in [2.05, 4.69) is 39.1 Å². The molecule has 3 amide bonds. The summed E-state index contributed by atoms with van der Waals surface area (Å²) in [4.78, 5) is 46.1. The summed E-state index contributed by atoms with van der Waals surface area (Å²) >= 11 is 0. The van der Waals surface area contributed by atoms with E-state index in [0.717, 1.165) is 22.3 Å². The van der Waals surface area contributed by atoms with Crippen LogP contribution >= 0.6 is 0 Å².